The van der Waals surface area contributed by atoms with E-state index in [-0.39, 0.29) is 12.3 Å². The van der Waals surface area contributed by atoms with Crippen molar-refractivity contribution in [1.29, 1.82) is 0 Å². The molecule has 7 heteroatoms. The zero-order valence-corrected chi connectivity index (χ0v) is 9.55. The lowest BCUT2D eigenvalue weighted by atomic mass is 10.1. The van der Waals surface area contributed by atoms with Crippen LogP contribution in [0.5, 0.6) is 0 Å². The Kier molecular flexibility index (Phi) is 3.38. The number of hydrogen-bond acceptors (Lipinski definition) is 5. The number of nitrogens with zero attached hydrogens (tertiary/aromatic N) is 3. The van der Waals surface area contributed by atoms with Gasteiger partial charge in [-0.15, -0.1) is 0 Å². The van der Waals surface area contributed by atoms with Gasteiger partial charge >= 0.3 is 5.69 Å². The van der Waals surface area contributed by atoms with Crippen molar-refractivity contribution in [3.63, 3.8) is 0 Å². The molecule has 0 aliphatic carbocycles. The molecule has 2 aromatic heterocycles. The monoisotopic (exact) mass is 237 g/mol. The fourth-order valence-electron chi connectivity index (χ4n) is 1.51. The summed E-state index contributed by atoms with van der Waals surface area (Å²) in [5.74, 6) is 1.03. The van der Waals surface area contributed by atoms with Gasteiger partial charge in [-0.1, -0.05) is 6.92 Å². The second-order valence-electron chi connectivity index (χ2n) is 4.03. The van der Waals surface area contributed by atoms with E-state index in [2.05, 4.69) is 20.5 Å². The standard InChI is InChI=1S/C10H15N5O2/c1-7(2-3-16)5-11-8-4-9-13-14-10(17)15(9)6-12-8/h4,6-7,11,16H,2-3,5H2,1H3,(H,14,17). The zero-order valence-electron chi connectivity index (χ0n) is 9.55. The highest BCUT2D eigenvalue weighted by Crippen LogP contribution is 2.07. The average Bonchev–Trinajstić information content (AvgIpc) is 2.69. The summed E-state index contributed by atoms with van der Waals surface area (Å²) in [6, 6.07) is 1.70. The number of nitrogens with one attached hydrogen (secondary N) is 2. The highest BCUT2D eigenvalue weighted by molar-refractivity contribution is 5.48. The molecular weight excluding hydrogens is 222 g/mol. The maximum atomic E-state index is 11.2. The maximum Gasteiger partial charge on any atom is 0.348 e. The van der Waals surface area contributed by atoms with Crippen LogP contribution in [0, 0.1) is 5.92 Å². The largest absolute Gasteiger partial charge is 0.396 e. The number of hydrogen-bond donors (Lipinski definition) is 3. The van der Waals surface area contributed by atoms with Gasteiger partial charge in [0.05, 0.1) is 0 Å². The number of anilines is 1. The lowest BCUT2D eigenvalue weighted by Crippen LogP contribution is -2.14. The number of aromatic amines is 1. The molecule has 1 unspecified atom stereocenters. The van der Waals surface area contributed by atoms with Crippen molar-refractivity contribution in [2.24, 2.45) is 5.92 Å². The molecule has 7 nitrogen and oxygen atoms in total. The van der Waals surface area contributed by atoms with E-state index in [1.54, 1.807) is 6.07 Å². The first-order valence-electron chi connectivity index (χ1n) is 5.48. The third-order valence-electron chi connectivity index (χ3n) is 2.56. The van der Waals surface area contributed by atoms with E-state index in [1.807, 2.05) is 6.92 Å². The Morgan fingerprint density at radius 1 is 1.65 bits per heavy atom. The van der Waals surface area contributed by atoms with Crippen LogP contribution in [0.2, 0.25) is 0 Å². The van der Waals surface area contributed by atoms with Crippen molar-refractivity contribution in [3.05, 3.63) is 22.9 Å². The molecule has 2 rings (SSSR count). The fourth-order valence-corrected chi connectivity index (χ4v) is 1.51. The van der Waals surface area contributed by atoms with E-state index >= 15 is 0 Å². The predicted molar refractivity (Wildman–Crippen MR) is 63.0 cm³/mol. The molecule has 0 amide bonds. The number of aliphatic hydroxyl groups excluding tert-OH is 1. The molecule has 92 valence electrons. The van der Waals surface area contributed by atoms with Crippen LogP contribution in [0.25, 0.3) is 5.65 Å². The Morgan fingerprint density at radius 3 is 3.24 bits per heavy atom. The lowest BCUT2D eigenvalue weighted by Gasteiger charge is -2.11. The first kappa shape index (κ1) is 11.6. The first-order chi connectivity index (χ1) is 8.20. The topological polar surface area (TPSA) is 95.3 Å². The van der Waals surface area contributed by atoms with Gasteiger partial charge in [0.1, 0.15) is 12.1 Å². The molecule has 1 atom stereocenters. The van der Waals surface area contributed by atoms with Crippen molar-refractivity contribution in [1.82, 2.24) is 19.6 Å². The second kappa shape index (κ2) is 4.96. The molecule has 0 spiro atoms. The van der Waals surface area contributed by atoms with Crippen LogP contribution in [0.4, 0.5) is 5.82 Å². The molecule has 2 aromatic rings. The minimum atomic E-state index is -0.298. The van der Waals surface area contributed by atoms with Crippen molar-refractivity contribution in [3.8, 4) is 0 Å². The highest BCUT2D eigenvalue weighted by Gasteiger charge is 2.04. The molecule has 2 heterocycles. The quantitative estimate of drug-likeness (QED) is 0.672. The Labute approximate surface area is 97.5 Å². The average molecular weight is 237 g/mol. The molecule has 0 fully saturated rings. The first-order valence-corrected chi connectivity index (χ1v) is 5.48. The maximum absolute atomic E-state index is 11.2. The molecule has 0 radical (unpaired) electrons. The third kappa shape index (κ3) is 2.62. The van der Waals surface area contributed by atoms with E-state index in [0.717, 1.165) is 13.0 Å². The smallest absolute Gasteiger partial charge is 0.348 e. The van der Waals surface area contributed by atoms with Crippen molar-refractivity contribution >= 4 is 11.5 Å². The third-order valence-corrected chi connectivity index (χ3v) is 2.56. The summed E-state index contributed by atoms with van der Waals surface area (Å²) in [5, 5.41) is 18.1. The SMILES string of the molecule is CC(CCO)CNc1cc2n[nH]c(=O)n2cn1. The Hall–Kier alpha value is -1.89. The van der Waals surface area contributed by atoms with Gasteiger partial charge in [-0.3, -0.25) is 0 Å². The highest BCUT2D eigenvalue weighted by atomic mass is 16.3. The molecule has 0 aromatic carbocycles. The van der Waals surface area contributed by atoms with Gasteiger partial charge in [0.25, 0.3) is 0 Å². The van der Waals surface area contributed by atoms with E-state index in [0.29, 0.717) is 17.4 Å². The van der Waals surface area contributed by atoms with Crippen molar-refractivity contribution in [2.45, 2.75) is 13.3 Å². The lowest BCUT2D eigenvalue weighted by molar-refractivity contribution is 0.266. The van der Waals surface area contributed by atoms with E-state index in [4.69, 9.17) is 5.11 Å². The summed E-state index contributed by atoms with van der Waals surface area (Å²) < 4.78 is 1.34. The number of H-pyrrole nitrogens is 1. The molecule has 17 heavy (non-hydrogen) atoms. The Balaban J connectivity index is 2.07. The molecule has 0 saturated heterocycles. The van der Waals surface area contributed by atoms with Gasteiger partial charge in [0, 0.05) is 19.2 Å². The van der Waals surface area contributed by atoms with Crippen molar-refractivity contribution < 1.29 is 5.11 Å². The van der Waals surface area contributed by atoms with E-state index in [9.17, 15) is 4.79 Å². The van der Waals surface area contributed by atoms with Crippen LogP contribution < -0.4 is 11.0 Å². The summed E-state index contributed by atoms with van der Waals surface area (Å²) in [4.78, 5) is 15.3. The van der Waals surface area contributed by atoms with Gasteiger partial charge in [-0.25, -0.2) is 19.3 Å². The molecule has 3 N–H and O–H groups in total. The normalized spacial score (nSPS) is 12.8. The fraction of sp³-hybridized carbons (Fsp3) is 0.500. The van der Waals surface area contributed by atoms with Gasteiger partial charge in [0.15, 0.2) is 5.65 Å². The Bertz CT molecular complexity index is 547. The summed E-state index contributed by atoms with van der Waals surface area (Å²) in [5.41, 5.74) is 0.231. The summed E-state index contributed by atoms with van der Waals surface area (Å²) in [6.45, 7) is 2.95. The minimum Gasteiger partial charge on any atom is -0.396 e. The van der Waals surface area contributed by atoms with E-state index < -0.39 is 0 Å². The van der Waals surface area contributed by atoms with Crippen LogP contribution in [0.1, 0.15) is 13.3 Å². The predicted octanol–water partition coefficient (Wildman–Crippen LogP) is -0.152. The van der Waals surface area contributed by atoms with Gasteiger partial charge in [-0.05, 0) is 12.3 Å². The Morgan fingerprint density at radius 2 is 2.47 bits per heavy atom. The van der Waals surface area contributed by atoms with Crippen LogP contribution in [-0.2, 0) is 0 Å². The number of aromatic nitrogens is 4. The van der Waals surface area contributed by atoms with Crippen molar-refractivity contribution in [2.75, 3.05) is 18.5 Å². The molecule has 0 saturated carbocycles. The zero-order chi connectivity index (χ0) is 12.3. The van der Waals surface area contributed by atoms with Crippen LogP contribution in [-0.4, -0.2) is 37.8 Å². The van der Waals surface area contributed by atoms with Crippen LogP contribution in [0.3, 0.4) is 0 Å². The van der Waals surface area contributed by atoms with Crippen LogP contribution >= 0.6 is 0 Å². The number of rotatable bonds is 5. The van der Waals surface area contributed by atoms with E-state index in [1.165, 1.54) is 10.7 Å². The number of aliphatic hydroxyl groups is 1. The van der Waals surface area contributed by atoms with Gasteiger partial charge in [-0.2, -0.15) is 5.10 Å². The molecule has 0 bridgehead atoms. The molecule has 0 aliphatic heterocycles. The number of fused-ring (bicyclic) bond motifs is 1. The van der Waals surface area contributed by atoms with Gasteiger partial charge in [0.2, 0.25) is 0 Å². The summed E-state index contributed by atoms with van der Waals surface area (Å²) in [6.07, 6.45) is 2.18. The van der Waals surface area contributed by atoms with Gasteiger partial charge < -0.3 is 10.4 Å². The molecule has 0 aliphatic rings. The second-order valence-corrected chi connectivity index (χ2v) is 4.03. The minimum absolute atomic E-state index is 0.185. The molecular formula is C10H15N5O2. The van der Waals surface area contributed by atoms with Crippen LogP contribution in [0.15, 0.2) is 17.2 Å². The summed E-state index contributed by atoms with van der Waals surface area (Å²) in [7, 11) is 0. The summed E-state index contributed by atoms with van der Waals surface area (Å²) >= 11 is 0.